The lowest BCUT2D eigenvalue weighted by atomic mass is 10.2. The van der Waals surface area contributed by atoms with E-state index in [1.54, 1.807) is 6.08 Å². The molecular weight excluding hydrogens is 270 g/mol. The van der Waals surface area contributed by atoms with Crippen molar-refractivity contribution in [1.29, 1.82) is 0 Å². The van der Waals surface area contributed by atoms with Crippen molar-refractivity contribution in [3.63, 3.8) is 0 Å². The average molecular weight is 289 g/mol. The summed E-state index contributed by atoms with van der Waals surface area (Å²) in [6, 6.07) is 2.77. The van der Waals surface area contributed by atoms with E-state index < -0.39 is 17.9 Å². The van der Waals surface area contributed by atoms with E-state index in [0.717, 1.165) is 12.2 Å². The summed E-state index contributed by atoms with van der Waals surface area (Å²) in [7, 11) is 0. The molecule has 0 spiro atoms. The number of furan rings is 1. The minimum atomic E-state index is -1.08. The average Bonchev–Trinajstić information content (AvgIpc) is 2.99. The summed E-state index contributed by atoms with van der Waals surface area (Å²) in [5.41, 5.74) is 0. The normalized spacial score (nSPS) is 22.0. The molecule has 1 aromatic heterocycles. The van der Waals surface area contributed by atoms with E-state index in [1.165, 1.54) is 12.2 Å². The van der Waals surface area contributed by atoms with Gasteiger partial charge in [-0.3, -0.25) is 4.79 Å². The van der Waals surface area contributed by atoms with Crippen LogP contribution in [0.15, 0.2) is 35.3 Å². The van der Waals surface area contributed by atoms with Gasteiger partial charge in [-0.1, -0.05) is 13.0 Å². The number of carbonyl (C=O) groups excluding carboxylic acids is 1. The maximum atomic E-state index is 11.7. The summed E-state index contributed by atoms with van der Waals surface area (Å²) in [5.74, 6) is 1.13. The van der Waals surface area contributed by atoms with Gasteiger partial charge in [-0.15, -0.1) is 6.58 Å². The van der Waals surface area contributed by atoms with Crippen LogP contribution in [0.25, 0.3) is 6.08 Å². The molecule has 1 amide bonds. The molecule has 21 heavy (non-hydrogen) atoms. The van der Waals surface area contributed by atoms with Crippen molar-refractivity contribution in [3.05, 3.63) is 42.4 Å². The Morgan fingerprint density at radius 2 is 2.29 bits per heavy atom. The molecule has 3 atom stereocenters. The quantitative estimate of drug-likeness (QED) is 0.597. The van der Waals surface area contributed by atoms with Crippen LogP contribution in [0.3, 0.4) is 0 Å². The number of hydrogen-bond acceptors (Lipinski definition) is 3. The summed E-state index contributed by atoms with van der Waals surface area (Å²) in [5, 5.41) is 11.3. The Labute approximate surface area is 123 Å². The highest BCUT2D eigenvalue weighted by Gasteiger charge is 2.36. The zero-order valence-corrected chi connectivity index (χ0v) is 11.9. The zero-order valence-electron chi connectivity index (χ0n) is 11.9. The fourth-order valence-corrected chi connectivity index (χ4v) is 2.14. The molecule has 5 nitrogen and oxygen atoms in total. The van der Waals surface area contributed by atoms with Gasteiger partial charge >= 0.3 is 5.97 Å². The van der Waals surface area contributed by atoms with Gasteiger partial charge in [0, 0.05) is 12.0 Å². The second-order valence-corrected chi connectivity index (χ2v) is 5.32. The molecular formula is C16H19NO4. The Hall–Kier alpha value is -2.30. The van der Waals surface area contributed by atoms with Crippen LogP contribution >= 0.6 is 0 Å². The minimum Gasteiger partial charge on any atom is -0.480 e. The minimum absolute atomic E-state index is 0.180. The lowest BCUT2D eigenvalue weighted by molar-refractivity contribution is -0.141. The second kappa shape index (κ2) is 6.43. The lowest BCUT2D eigenvalue weighted by Crippen LogP contribution is -2.39. The molecule has 1 saturated carbocycles. The number of carbonyl (C=O) groups is 2. The molecule has 2 rings (SSSR count). The van der Waals surface area contributed by atoms with Crippen molar-refractivity contribution in [1.82, 2.24) is 5.32 Å². The maximum absolute atomic E-state index is 11.7. The molecule has 1 fully saturated rings. The Morgan fingerprint density at radius 1 is 1.57 bits per heavy atom. The zero-order chi connectivity index (χ0) is 15.4. The lowest BCUT2D eigenvalue weighted by Gasteiger charge is -2.10. The summed E-state index contributed by atoms with van der Waals surface area (Å²) in [6.45, 7) is 5.64. The van der Waals surface area contributed by atoms with Crippen LogP contribution in [0.2, 0.25) is 0 Å². The highest BCUT2D eigenvalue weighted by atomic mass is 16.4. The highest BCUT2D eigenvalue weighted by molar-refractivity contribution is 5.94. The molecule has 1 heterocycles. The molecule has 0 saturated heterocycles. The van der Waals surface area contributed by atoms with Crippen LogP contribution < -0.4 is 5.32 Å². The van der Waals surface area contributed by atoms with Gasteiger partial charge in [0.25, 0.3) is 0 Å². The first-order valence-electron chi connectivity index (χ1n) is 6.93. The first-order valence-corrected chi connectivity index (χ1v) is 6.93. The standard InChI is InChI=1S/C16H19NO4/c1-3-4-13(16(19)20)17-15(18)8-6-11-5-7-14(21-11)12-9-10(12)2/h3,5-8,10,12-13H,1,4,9H2,2H3,(H,17,18)(H,19,20)/b8-6+. The van der Waals surface area contributed by atoms with Crippen molar-refractivity contribution >= 4 is 18.0 Å². The van der Waals surface area contributed by atoms with E-state index in [1.807, 2.05) is 12.1 Å². The molecule has 5 heteroatoms. The summed E-state index contributed by atoms with van der Waals surface area (Å²) in [4.78, 5) is 22.6. The summed E-state index contributed by atoms with van der Waals surface area (Å²) < 4.78 is 5.63. The van der Waals surface area contributed by atoms with Crippen molar-refractivity contribution in [2.45, 2.75) is 31.7 Å². The second-order valence-electron chi connectivity index (χ2n) is 5.32. The molecule has 0 aromatic carbocycles. The van der Waals surface area contributed by atoms with Gasteiger partial charge in [-0.25, -0.2) is 4.79 Å². The third-order valence-electron chi connectivity index (χ3n) is 3.54. The number of amides is 1. The number of hydrogen-bond donors (Lipinski definition) is 2. The van der Waals surface area contributed by atoms with E-state index in [0.29, 0.717) is 17.6 Å². The Bertz CT molecular complexity index is 573. The summed E-state index contributed by atoms with van der Waals surface area (Å²) >= 11 is 0. The topological polar surface area (TPSA) is 79.5 Å². The molecule has 1 aliphatic carbocycles. The molecule has 2 N–H and O–H groups in total. The van der Waals surface area contributed by atoms with Crippen LogP contribution in [-0.4, -0.2) is 23.0 Å². The predicted octanol–water partition coefficient (Wildman–Crippen LogP) is 2.56. The summed E-state index contributed by atoms with van der Waals surface area (Å²) in [6.07, 6.45) is 5.59. The van der Waals surface area contributed by atoms with Gasteiger partial charge in [0.05, 0.1) is 0 Å². The van der Waals surface area contributed by atoms with Gasteiger partial charge in [0.15, 0.2) is 0 Å². The Kier molecular flexibility index (Phi) is 4.62. The van der Waals surface area contributed by atoms with Crippen molar-refractivity contribution in [3.8, 4) is 0 Å². The van der Waals surface area contributed by atoms with Crippen molar-refractivity contribution < 1.29 is 19.1 Å². The van der Waals surface area contributed by atoms with Crippen LogP contribution in [0.5, 0.6) is 0 Å². The molecule has 0 aliphatic heterocycles. The van der Waals surface area contributed by atoms with Crippen molar-refractivity contribution in [2.24, 2.45) is 5.92 Å². The Balaban J connectivity index is 1.90. The smallest absolute Gasteiger partial charge is 0.326 e. The number of carboxylic acids is 1. The van der Waals surface area contributed by atoms with E-state index in [9.17, 15) is 9.59 Å². The third-order valence-corrected chi connectivity index (χ3v) is 3.54. The van der Waals surface area contributed by atoms with Gasteiger partial charge < -0.3 is 14.8 Å². The van der Waals surface area contributed by atoms with Crippen molar-refractivity contribution in [2.75, 3.05) is 0 Å². The number of nitrogens with one attached hydrogen (secondary N) is 1. The van der Waals surface area contributed by atoms with Crippen LogP contribution in [0, 0.1) is 5.92 Å². The molecule has 0 radical (unpaired) electrons. The number of rotatable bonds is 7. The monoisotopic (exact) mass is 289 g/mol. The van der Waals surface area contributed by atoms with E-state index in [2.05, 4.69) is 18.8 Å². The van der Waals surface area contributed by atoms with Gasteiger partial charge in [0.2, 0.25) is 5.91 Å². The van der Waals surface area contributed by atoms with E-state index >= 15 is 0 Å². The first-order chi connectivity index (χ1) is 10.0. The number of carboxylic acid groups (broad SMARTS) is 1. The van der Waals surface area contributed by atoms with Crippen LogP contribution in [-0.2, 0) is 9.59 Å². The Morgan fingerprint density at radius 3 is 2.86 bits per heavy atom. The molecule has 3 unspecified atom stereocenters. The largest absolute Gasteiger partial charge is 0.480 e. The number of aliphatic carboxylic acids is 1. The van der Waals surface area contributed by atoms with Gasteiger partial charge in [0.1, 0.15) is 17.6 Å². The van der Waals surface area contributed by atoms with Crippen LogP contribution in [0.1, 0.15) is 37.2 Å². The third kappa shape index (κ3) is 4.08. The molecule has 112 valence electrons. The van der Waals surface area contributed by atoms with E-state index in [-0.39, 0.29) is 6.42 Å². The fourth-order valence-electron chi connectivity index (χ4n) is 2.14. The molecule has 1 aliphatic rings. The first kappa shape index (κ1) is 15.1. The highest BCUT2D eigenvalue weighted by Crippen LogP contribution is 2.47. The van der Waals surface area contributed by atoms with E-state index in [4.69, 9.17) is 9.52 Å². The van der Waals surface area contributed by atoms with Gasteiger partial charge in [-0.2, -0.15) is 0 Å². The maximum Gasteiger partial charge on any atom is 0.326 e. The predicted molar refractivity (Wildman–Crippen MR) is 78.6 cm³/mol. The molecule has 1 aromatic rings. The van der Waals surface area contributed by atoms with Crippen LogP contribution in [0.4, 0.5) is 0 Å². The molecule has 0 bridgehead atoms. The SMILES string of the molecule is C=CCC(NC(=O)/C=C/c1ccc(C2CC2C)o1)C(=O)O. The van der Waals surface area contributed by atoms with Gasteiger partial charge in [-0.05, 0) is 37.0 Å². The fraction of sp³-hybridized carbons (Fsp3) is 0.375.